The summed E-state index contributed by atoms with van der Waals surface area (Å²) in [6.45, 7) is 9.85. The predicted molar refractivity (Wildman–Crippen MR) is 130 cm³/mol. The van der Waals surface area contributed by atoms with Gasteiger partial charge in [0, 0.05) is 17.8 Å². The van der Waals surface area contributed by atoms with E-state index >= 15 is 0 Å². The van der Waals surface area contributed by atoms with Crippen LogP contribution in [0.3, 0.4) is 0 Å². The van der Waals surface area contributed by atoms with Crippen LogP contribution in [0, 0.1) is 0 Å². The summed E-state index contributed by atoms with van der Waals surface area (Å²) < 4.78 is 19.5. The Hall–Kier alpha value is -4.10. The molecule has 0 aromatic heterocycles. The second-order valence-corrected chi connectivity index (χ2v) is 6.49. The highest BCUT2D eigenvalue weighted by Crippen LogP contribution is 2.09. The van der Waals surface area contributed by atoms with Gasteiger partial charge in [0.2, 0.25) is 0 Å². The number of rotatable bonds is 14. The lowest BCUT2D eigenvalue weighted by Gasteiger charge is -2.09. The average Bonchev–Trinajstić information content (AvgIpc) is 2.77. The van der Waals surface area contributed by atoms with E-state index in [1.165, 1.54) is 0 Å². The number of hydrogen-bond acceptors (Lipinski definition) is 12. The lowest BCUT2D eigenvalue weighted by Crippen LogP contribution is -2.25. The highest BCUT2D eigenvalue weighted by molar-refractivity contribution is 6.19. The minimum absolute atomic E-state index is 0.0477. The minimum Gasteiger partial charge on any atom is -0.480 e. The maximum absolute atomic E-state index is 12.1. The molecule has 14 heteroatoms. The van der Waals surface area contributed by atoms with E-state index in [1.54, 1.807) is 41.5 Å². The molecule has 196 valence electrons. The molecule has 0 aromatic rings. The van der Waals surface area contributed by atoms with Gasteiger partial charge in [0.25, 0.3) is 11.9 Å². The van der Waals surface area contributed by atoms with Gasteiger partial charge in [-0.15, -0.1) is 10.2 Å². The molecule has 0 radical (unpaired) electrons. The van der Waals surface area contributed by atoms with Crippen LogP contribution >= 0.6 is 0 Å². The maximum Gasteiger partial charge on any atom is 0.349 e. The first kappa shape index (κ1) is 30.9. The molecular weight excluding hydrogens is 464 g/mol. The molecule has 0 saturated heterocycles. The van der Waals surface area contributed by atoms with Crippen LogP contribution < -0.4 is 11.5 Å². The van der Waals surface area contributed by atoms with Crippen LogP contribution in [-0.2, 0) is 28.5 Å². The van der Waals surface area contributed by atoms with Crippen LogP contribution in [0.25, 0.3) is 0 Å². The van der Waals surface area contributed by atoms with Crippen molar-refractivity contribution in [2.24, 2.45) is 31.9 Å². The number of esters is 2. The normalized spacial score (nSPS) is 14.6. The van der Waals surface area contributed by atoms with Crippen LogP contribution in [-0.4, -0.2) is 71.7 Å². The number of nitrogens with two attached hydrogens (primary N) is 2. The second kappa shape index (κ2) is 16.5. The fourth-order valence-corrected chi connectivity index (χ4v) is 2.25. The first-order chi connectivity index (χ1) is 16.5. The number of carbonyl (C=O) groups excluding carboxylic acids is 2. The molecule has 0 aromatic carbocycles. The smallest absolute Gasteiger partial charge is 0.349 e. The van der Waals surface area contributed by atoms with E-state index in [-0.39, 0.29) is 32.8 Å². The quantitative estimate of drug-likeness (QED) is 0.0677. The summed E-state index contributed by atoms with van der Waals surface area (Å²) in [5, 5.41) is 35.2. The Bertz CT molecular complexity index is 860. The molecule has 0 fully saturated rings. The zero-order chi connectivity index (χ0) is 27.0. The molecular formula is C21H34N6O8. The fourth-order valence-electron chi connectivity index (χ4n) is 2.25. The van der Waals surface area contributed by atoms with E-state index in [9.17, 15) is 19.8 Å². The Balaban J connectivity index is 5.77. The summed E-state index contributed by atoms with van der Waals surface area (Å²) in [6.07, 6.45) is 0.152. The number of carbonyl (C=O) groups is 2. The van der Waals surface area contributed by atoms with Gasteiger partial charge in [0.1, 0.15) is 0 Å². The molecule has 0 spiro atoms. The Morgan fingerprint density at radius 1 is 0.629 bits per heavy atom. The van der Waals surface area contributed by atoms with Gasteiger partial charge in [0.05, 0.1) is 26.4 Å². The van der Waals surface area contributed by atoms with Gasteiger partial charge < -0.3 is 40.6 Å². The molecule has 14 nitrogen and oxygen atoms in total. The van der Waals surface area contributed by atoms with E-state index in [1.807, 2.05) is 0 Å². The van der Waals surface area contributed by atoms with Crippen molar-refractivity contribution in [2.45, 2.75) is 48.0 Å². The number of amidine groups is 2. The van der Waals surface area contributed by atoms with Gasteiger partial charge in [-0.05, 0) is 41.5 Å². The number of hydrogen-bond donors (Lipinski definition) is 4. The van der Waals surface area contributed by atoms with E-state index in [0.717, 1.165) is 0 Å². The van der Waals surface area contributed by atoms with Gasteiger partial charge in [0.15, 0.2) is 22.8 Å². The number of aliphatic hydroxyl groups is 2. The highest BCUT2D eigenvalue weighted by atomic mass is 16.6. The SMILES string of the molecule is CCOC(=O)C(/C(N)=N/N=C(/C)C\C(C)=N/N=C(N)\C(C(=O)OCC)=C(/O)OCC)=C(/O)OCC. The van der Waals surface area contributed by atoms with Gasteiger partial charge >= 0.3 is 11.9 Å². The third kappa shape index (κ3) is 11.0. The monoisotopic (exact) mass is 498 g/mol. The van der Waals surface area contributed by atoms with E-state index in [2.05, 4.69) is 20.4 Å². The van der Waals surface area contributed by atoms with Gasteiger partial charge in [-0.2, -0.15) is 10.2 Å². The summed E-state index contributed by atoms with van der Waals surface area (Å²) in [4.78, 5) is 24.1. The standard InChI is InChI=1S/C21H34N6O8/c1-7-32-18(28)14(19(29)33-8-2)16(22)26-24-12(5)11-13(6)25-27-17(23)15(20(30)34-9-3)21(31)35-10-4/h28,30H,7-11H2,1-6H3,(H2,22,26)(H2,23,27)/b18-14-,20-15-,24-12-,25-13-. The summed E-state index contributed by atoms with van der Waals surface area (Å²) in [5.74, 6) is -4.14. The van der Waals surface area contributed by atoms with Crippen molar-refractivity contribution in [1.82, 2.24) is 0 Å². The summed E-state index contributed by atoms with van der Waals surface area (Å²) >= 11 is 0. The molecule has 6 N–H and O–H groups in total. The largest absolute Gasteiger partial charge is 0.480 e. The average molecular weight is 499 g/mol. The molecule has 0 bridgehead atoms. The summed E-state index contributed by atoms with van der Waals surface area (Å²) in [7, 11) is 0. The molecule has 0 saturated carbocycles. The Kier molecular flexibility index (Phi) is 14.6. The van der Waals surface area contributed by atoms with Crippen molar-refractivity contribution < 1.29 is 38.7 Å². The molecule has 0 atom stereocenters. The zero-order valence-corrected chi connectivity index (χ0v) is 20.8. The third-order valence-electron chi connectivity index (χ3n) is 3.63. The van der Waals surface area contributed by atoms with Crippen LogP contribution in [0.5, 0.6) is 0 Å². The van der Waals surface area contributed by atoms with E-state index in [0.29, 0.717) is 11.4 Å². The van der Waals surface area contributed by atoms with E-state index in [4.69, 9.17) is 30.4 Å². The van der Waals surface area contributed by atoms with Gasteiger partial charge in [-0.25, -0.2) is 9.59 Å². The molecule has 0 aliphatic carbocycles. The summed E-state index contributed by atoms with van der Waals surface area (Å²) in [6, 6.07) is 0. The van der Waals surface area contributed by atoms with Gasteiger partial charge in [-0.1, -0.05) is 0 Å². The van der Waals surface area contributed by atoms with Crippen LogP contribution in [0.4, 0.5) is 0 Å². The topological polar surface area (TPSA) is 213 Å². The maximum atomic E-state index is 12.1. The lowest BCUT2D eigenvalue weighted by atomic mass is 10.2. The number of ether oxygens (including phenoxy) is 4. The molecule has 0 amide bonds. The first-order valence-corrected chi connectivity index (χ1v) is 10.7. The molecule has 35 heavy (non-hydrogen) atoms. The highest BCUT2D eigenvalue weighted by Gasteiger charge is 2.24. The first-order valence-electron chi connectivity index (χ1n) is 10.7. The minimum atomic E-state index is -0.920. The van der Waals surface area contributed by atoms with Crippen LogP contribution in [0.2, 0.25) is 0 Å². The van der Waals surface area contributed by atoms with Crippen LogP contribution in [0.1, 0.15) is 48.0 Å². The van der Waals surface area contributed by atoms with E-state index < -0.39 is 46.6 Å². The predicted octanol–water partition coefficient (Wildman–Crippen LogP) is 1.58. The lowest BCUT2D eigenvalue weighted by molar-refractivity contribution is -0.139. The number of aliphatic hydroxyl groups excluding tert-OH is 2. The summed E-state index contributed by atoms with van der Waals surface area (Å²) in [5.41, 5.74) is 11.5. The second-order valence-electron chi connectivity index (χ2n) is 6.49. The molecule has 0 aliphatic heterocycles. The zero-order valence-electron chi connectivity index (χ0n) is 20.8. The molecule has 0 rings (SSSR count). The molecule has 0 unspecified atom stereocenters. The van der Waals surface area contributed by atoms with Crippen molar-refractivity contribution in [2.75, 3.05) is 26.4 Å². The third-order valence-corrected chi connectivity index (χ3v) is 3.63. The van der Waals surface area contributed by atoms with Crippen molar-refractivity contribution in [3.05, 3.63) is 23.0 Å². The van der Waals surface area contributed by atoms with Crippen molar-refractivity contribution in [3.8, 4) is 0 Å². The van der Waals surface area contributed by atoms with Crippen molar-refractivity contribution in [1.29, 1.82) is 0 Å². The number of nitrogens with zero attached hydrogens (tertiary/aromatic N) is 4. The van der Waals surface area contributed by atoms with Crippen LogP contribution in [0.15, 0.2) is 43.4 Å². The molecule has 0 aliphatic rings. The molecule has 0 heterocycles. The van der Waals surface area contributed by atoms with Crippen molar-refractivity contribution in [3.63, 3.8) is 0 Å². The Morgan fingerprint density at radius 2 is 0.943 bits per heavy atom. The Morgan fingerprint density at radius 3 is 1.23 bits per heavy atom. The van der Waals surface area contributed by atoms with Gasteiger partial charge in [-0.3, -0.25) is 0 Å². The van der Waals surface area contributed by atoms with Crippen molar-refractivity contribution >= 4 is 35.0 Å². The Labute approximate surface area is 203 Å². The fraction of sp³-hybridized carbons (Fsp3) is 0.524.